The number of carbonyl (C=O) groups is 2. The first-order valence-electron chi connectivity index (χ1n) is 13.1. The van der Waals surface area contributed by atoms with Crippen molar-refractivity contribution in [2.75, 3.05) is 34.4 Å². The largest absolute Gasteiger partial charge is 0.493 e. The van der Waals surface area contributed by atoms with Crippen molar-refractivity contribution < 1.29 is 23.8 Å². The highest BCUT2D eigenvalue weighted by molar-refractivity contribution is 5.89. The zero-order valence-electron chi connectivity index (χ0n) is 22.1. The summed E-state index contributed by atoms with van der Waals surface area (Å²) in [7, 11) is 4.85. The van der Waals surface area contributed by atoms with E-state index >= 15 is 0 Å². The molecule has 0 spiro atoms. The summed E-state index contributed by atoms with van der Waals surface area (Å²) in [6.07, 6.45) is 7.31. The van der Waals surface area contributed by atoms with Crippen LogP contribution in [0.15, 0.2) is 54.6 Å². The second-order valence-corrected chi connectivity index (χ2v) is 10.0. The Bertz CT molecular complexity index is 1230. The molecule has 6 heteroatoms. The molecule has 1 saturated carbocycles. The number of methoxy groups -OCH3 is 1. The van der Waals surface area contributed by atoms with Crippen LogP contribution < -0.4 is 9.47 Å². The second kappa shape index (κ2) is 12.6. The van der Waals surface area contributed by atoms with Crippen molar-refractivity contribution in [3.63, 3.8) is 0 Å². The van der Waals surface area contributed by atoms with Crippen molar-refractivity contribution in [3.05, 3.63) is 60.2 Å². The number of carbonyl (C=O) groups excluding carboxylic acids is 2. The van der Waals surface area contributed by atoms with Gasteiger partial charge in [-0.15, -0.1) is 0 Å². The molecule has 0 saturated heterocycles. The molecule has 0 heterocycles. The number of hydrogen-bond donors (Lipinski definition) is 0. The fraction of sp³-hybridized carbons (Fsp3) is 0.419. The van der Waals surface area contributed by atoms with Crippen LogP contribution in [0.5, 0.6) is 11.5 Å². The highest BCUT2D eigenvalue weighted by Gasteiger charge is 2.16. The Morgan fingerprint density at radius 2 is 1.65 bits per heavy atom. The van der Waals surface area contributed by atoms with Crippen LogP contribution >= 0.6 is 0 Å². The van der Waals surface area contributed by atoms with Gasteiger partial charge in [-0.05, 0) is 77.4 Å². The van der Waals surface area contributed by atoms with E-state index in [1.807, 2.05) is 30.3 Å². The maximum Gasteiger partial charge on any atom is 0.305 e. The van der Waals surface area contributed by atoms with Gasteiger partial charge in [0.25, 0.3) is 5.91 Å². The number of hydrogen-bond acceptors (Lipinski definition) is 5. The van der Waals surface area contributed by atoms with Crippen LogP contribution in [0, 0.1) is 5.92 Å². The third kappa shape index (κ3) is 7.25. The zero-order chi connectivity index (χ0) is 26.2. The van der Waals surface area contributed by atoms with E-state index < -0.39 is 0 Å². The lowest BCUT2D eigenvalue weighted by atomic mass is 9.90. The molecule has 1 aliphatic rings. The number of amides is 1. The third-order valence-electron chi connectivity index (χ3n) is 7.07. The quantitative estimate of drug-likeness (QED) is 0.316. The maximum atomic E-state index is 11.9. The molecule has 37 heavy (non-hydrogen) atoms. The van der Waals surface area contributed by atoms with E-state index in [4.69, 9.17) is 14.2 Å². The number of rotatable bonds is 10. The molecule has 0 N–H and O–H groups in total. The van der Waals surface area contributed by atoms with Crippen molar-refractivity contribution in [2.45, 2.75) is 44.9 Å². The number of likely N-dealkylation sites (N-methyl/N-ethyl adjacent to an activating group) is 1. The van der Waals surface area contributed by atoms with E-state index in [0.717, 1.165) is 39.8 Å². The molecule has 3 aromatic carbocycles. The minimum absolute atomic E-state index is 0.0106. The van der Waals surface area contributed by atoms with E-state index in [1.54, 1.807) is 14.1 Å². The summed E-state index contributed by atoms with van der Waals surface area (Å²) in [6, 6.07) is 18.4. The van der Waals surface area contributed by atoms with Crippen LogP contribution in [0.25, 0.3) is 21.9 Å². The topological polar surface area (TPSA) is 65.1 Å². The summed E-state index contributed by atoms with van der Waals surface area (Å²) in [5, 5.41) is 2.10. The molecule has 0 atom stereocenters. The van der Waals surface area contributed by atoms with Gasteiger partial charge >= 0.3 is 5.97 Å². The summed E-state index contributed by atoms with van der Waals surface area (Å²) >= 11 is 0. The average molecular weight is 504 g/mol. The number of fused-ring (bicyclic) bond motifs is 1. The van der Waals surface area contributed by atoms with Gasteiger partial charge in [-0.1, -0.05) is 43.5 Å². The number of benzene rings is 3. The first-order valence-corrected chi connectivity index (χ1v) is 13.1. The van der Waals surface area contributed by atoms with Gasteiger partial charge in [-0.2, -0.15) is 0 Å². The fourth-order valence-electron chi connectivity index (χ4n) is 4.75. The van der Waals surface area contributed by atoms with Crippen LogP contribution in [0.3, 0.4) is 0 Å². The smallest absolute Gasteiger partial charge is 0.305 e. The molecule has 0 aromatic heterocycles. The van der Waals surface area contributed by atoms with E-state index in [2.05, 4.69) is 24.3 Å². The summed E-state index contributed by atoms with van der Waals surface area (Å²) in [5.41, 5.74) is 3.15. The SMILES string of the molecule is COC(=O)CCc1ccc(OCC2CCCCC2)c(-c2ccc3cc(OCC(=O)N(C)C)ccc3c2)c1. The second-order valence-electron chi connectivity index (χ2n) is 10.0. The van der Waals surface area contributed by atoms with Crippen LogP contribution in [-0.2, 0) is 20.7 Å². The lowest BCUT2D eigenvalue weighted by Crippen LogP contribution is -2.27. The summed E-state index contributed by atoms with van der Waals surface area (Å²) in [4.78, 5) is 25.1. The van der Waals surface area contributed by atoms with E-state index in [9.17, 15) is 9.59 Å². The summed E-state index contributed by atoms with van der Waals surface area (Å²) < 4.78 is 16.9. The highest BCUT2D eigenvalue weighted by atomic mass is 16.5. The van der Waals surface area contributed by atoms with Gasteiger partial charge in [-0.3, -0.25) is 9.59 Å². The molecule has 3 aromatic rings. The Labute approximate surface area is 219 Å². The van der Waals surface area contributed by atoms with Gasteiger partial charge in [0.2, 0.25) is 0 Å². The Kier molecular flexibility index (Phi) is 9.04. The van der Waals surface area contributed by atoms with E-state index in [-0.39, 0.29) is 18.5 Å². The lowest BCUT2D eigenvalue weighted by molar-refractivity contribution is -0.140. The van der Waals surface area contributed by atoms with Crippen LogP contribution in [0.4, 0.5) is 0 Å². The Morgan fingerprint density at radius 3 is 2.41 bits per heavy atom. The Hall–Kier alpha value is -3.54. The molecule has 196 valence electrons. The van der Waals surface area contributed by atoms with Gasteiger partial charge in [-0.25, -0.2) is 0 Å². The molecule has 0 aliphatic heterocycles. The van der Waals surface area contributed by atoms with Crippen molar-refractivity contribution in [2.24, 2.45) is 5.92 Å². The maximum absolute atomic E-state index is 11.9. The van der Waals surface area contributed by atoms with Crippen LogP contribution in [0.2, 0.25) is 0 Å². The summed E-state index contributed by atoms with van der Waals surface area (Å²) in [5.74, 6) is 1.85. The Balaban J connectivity index is 1.58. The zero-order valence-corrected chi connectivity index (χ0v) is 22.1. The lowest BCUT2D eigenvalue weighted by Gasteiger charge is -2.23. The minimum atomic E-state index is -0.213. The first-order chi connectivity index (χ1) is 17.9. The molecule has 0 radical (unpaired) electrons. The number of ether oxygens (including phenoxy) is 3. The van der Waals surface area contributed by atoms with Gasteiger partial charge in [0.15, 0.2) is 6.61 Å². The number of esters is 1. The monoisotopic (exact) mass is 503 g/mol. The first kappa shape index (κ1) is 26.5. The van der Waals surface area contributed by atoms with Crippen molar-refractivity contribution >= 4 is 22.6 Å². The molecule has 0 unspecified atom stereocenters. The number of nitrogens with zero attached hydrogens (tertiary/aromatic N) is 1. The molecule has 4 rings (SSSR count). The van der Waals surface area contributed by atoms with Crippen LogP contribution in [-0.4, -0.2) is 51.2 Å². The highest BCUT2D eigenvalue weighted by Crippen LogP contribution is 2.35. The third-order valence-corrected chi connectivity index (χ3v) is 7.07. The van der Waals surface area contributed by atoms with Gasteiger partial charge in [0.1, 0.15) is 11.5 Å². The molecule has 1 amide bonds. The molecule has 1 aliphatic carbocycles. The van der Waals surface area contributed by atoms with Crippen molar-refractivity contribution in [1.82, 2.24) is 4.90 Å². The predicted molar refractivity (Wildman–Crippen MR) is 146 cm³/mol. The van der Waals surface area contributed by atoms with Crippen molar-refractivity contribution in [3.8, 4) is 22.6 Å². The van der Waals surface area contributed by atoms with Crippen molar-refractivity contribution in [1.29, 1.82) is 0 Å². The standard InChI is InChI=1S/C31H37NO5/c1-32(2)30(33)21-36-27-14-13-24-18-26(12-11-25(24)19-27)28-17-22(10-16-31(34)35-3)9-15-29(28)37-20-23-7-5-4-6-8-23/h9,11-15,17-19,23H,4-8,10,16,20-21H2,1-3H3. The molecule has 1 fully saturated rings. The normalized spacial score (nSPS) is 13.8. The minimum Gasteiger partial charge on any atom is -0.493 e. The van der Waals surface area contributed by atoms with Gasteiger partial charge in [0, 0.05) is 26.1 Å². The Morgan fingerprint density at radius 1 is 0.892 bits per heavy atom. The molecular weight excluding hydrogens is 466 g/mol. The van der Waals surface area contributed by atoms with E-state index in [0.29, 0.717) is 24.5 Å². The van der Waals surface area contributed by atoms with E-state index in [1.165, 1.54) is 44.1 Å². The fourth-order valence-corrected chi connectivity index (χ4v) is 4.75. The van der Waals surface area contributed by atoms with Crippen LogP contribution in [0.1, 0.15) is 44.1 Å². The van der Waals surface area contributed by atoms with Gasteiger partial charge in [0.05, 0.1) is 13.7 Å². The molecular formula is C31H37NO5. The predicted octanol–water partition coefficient (Wildman–Crippen LogP) is 6.04. The average Bonchev–Trinajstić information content (AvgIpc) is 2.93. The summed E-state index contributed by atoms with van der Waals surface area (Å²) in [6.45, 7) is 0.741. The van der Waals surface area contributed by atoms with Gasteiger partial charge < -0.3 is 19.1 Å². The number of aryl methyl sites for hydroxylation is 1. The molecule has 0 bridgehead atoms. The molecule has 6 nitrogen and oxygen atoms in total.